The summed E-state index contributed by atoms with van der Waals surface area (Å²) >= 11 is 0. The smallest absolute Gasteiger partial charge is 0.419 e. The molecule has 0 saturated heterocycles. The van der Waals surface area contributed by atoms with Gasteiger partial charge in [-0.05, 0) is 13.0 Å². The molecule has 0 radical (unpaired) electrons. The number of anilines is 1. The maximum Gasteiger partial charge on any atom is 0.419 e. The minimum Gasteiger partial charge on any atom is -0.462 e. The highest BCUT2D eigenvalue weighted by Gasteiger charge is 2.32. The quantitative estimate of drug-likeness (QED) is 0.369. The van der Waals surface area contributed by atoms with Crippen LogP contribution in [0.4, 0.5) is 19.0 Å². The molecule has 0 fully saturated rings. The highest BCUT2D eigenvalue weighted by Crippen LogP contribution is 2.28. The minimum absolute atomic E-state index is 0.179. The van der Waals surface area contributed by atoms with Crippen LogP contribution in [-0.2, 0) is 10.9 Å². The first-order chi connectivity index (χ1) is 11.7. The Bertz CT molecular complexity index is 777. The van der Waals surface area contributed by atoms with E-state index < -0.39 is 17.7 Å². The third kappa shape index (κ3) is 4.34. The van der Waals surface area contributed by atoms with E-state index in [1.807, 2.05) is 0 Å². The lowest BCUT2D eigenvalue weighted by Gasteiger charge is -2.05. The molecule has 0 atom stereocenters. The molecule has 2 aromatic rings. The number of carbonyl (C=O) groups is 1. The van der Waals surface area contributed by atoms with Crippen LogP contribution in [0.3, 0.4) is 0 Å². The van der Waals surface area contributed by atoms with Gasteiger partial charge < -0.3 is 4.74 Å². The number of H-pyrrole nitrogens is 1. The number of carbonyl (C=O) groups excluding carboxylic acids is 1. The normalized spacial score (nSPS) is 11.1. The number of rotatable bonds is 5. The van der Waals surface area contributed by atoms with E-state index in [9.17, 15) is 18.0 Å². The number of nitrogens with one attached hydrogen (secondary N) is 2. The van der Waals surface area contributed by atoms with Gasteiger partial charge in [0.25, 0.3) is 11.6 Å². The van der Waals surface area contributed by atoms with Crippen molar-refractivity contribution in [3.63, 3.8) is 0 Å². The van der Waals surface area contributed by atoms with Crippen LogP contribution in [0.1, 0.15) is 22.8 Å². The van der Waals surface area contributed by atoms with Gasteiger partial charge in [0.15, 0.2) is 5.56 Å². The van der Waals surface area contributed by atoms with E-state index in [4.69, 9.17) is 4.74 Å². The summed E-state index contributed by atoms with van der Waals surface area (Å²) in [7, 11) is 3.54. The first-order valence-corrected chi connectivity index (χ1v) is 7.34. The number of ether oxygens (including phenoxy) is 1. The zero-order valence-electron chi connectivity index (χ0n) is 13.9. The minimum atomic E-state index is -4.47. The van der Waals surface area contributed by atoms with Crippen molar-refractivity contribution < 1.29 is 32.0 Å². The van der Waals surface area contributed by atoms with Crippen molar-refractivity contribution in [3.8, 4) is 5.82 Å². The summed E-state index contributed by atoms with van der Waals surface area (Å²) in [5.41, 5.74) is -0.662. The molecular formula is C15H18F3N5O2+2. The molecule has 2 N–H and O–H groups in total. The summed E-state index contributed by atoms with van der Waals surface area (Å²) in [5.74, 6) is -0.100. The molecular weight excluding hydrogens is 339 g/mol. The fourth-order valence-corrected chi connectivity index (χ4v) is 1.95. The van der Waals surface area contributed by atoms with Gasteiger partial charge in [-0.3, -0.25) is 4.58 Å². The fraction of sp³-hybridized carbons (Fsp3) is 0.333. The Morgan fingerprint density at radius 1 is 1.44 bits per heavy atom. The van der Waals surface area contributed by atoms with Gasteiger partial charge in [0.2, 0.25) is 6.34 Å². The van der Waals surface area contributed by atoms with Crippen LogP contribution in [0.2, 0.25) is 0 Å². The van der Waals surface area contributed by atoms with Gasteiger partial charge in [-0.2, -0.15) is 13.2 Å². The highest BCUT2D eigenvalue weighted by molar-refractivity contribution is 5.95. The lowest BCUT2D eigenvalue weighted by atomic mass is 10.3. The highest BCUT2D eigenvalue weighted by atomic mass is 19.4. The number of nitrogens with zero attached hydrogens (tertiary/aromatic N) is 3. The number of aromatic amines is 1. The zero-order valence-corrected chi connectivity index (χ0v) is 13.9. The molecule has 0 amide bonds. The number of esters is 1. The zero-order chi connectivity index (χ0) is 18.6. The summed E-state index contributed by atoms with van der Waals surface area (Å²) in [6.45, 7) is 1.87. The third-order valence-electron chi connectivity index (χ3n) is 3.08. The SMILES string of the molecule is CCOC(=O)c1c[nH][n+](-c2ccc(C(F)(F)F)cn2)c1NC=[N+](C)C. The number of halogens is 3. The maximum absolute atomic E-state index is 12.7. The Morgan fingerprint density at radius 3 is 2.68 bits per heavy atom. The van der Waals surface area contributed by atoms with Crippen molar-refractivity contribution in [2.24, 2.45) is 0 Å². The van der Waals surface area contributed by atoms with Gasteiger partial charge in [-0.1, -0.05) is 0 Å². The van der Waals surface area contributed by atoms with Crippen molar-refractivity contribution in [3.05, 3.63) is 35.7 Å². The predicted molar refractivity (Wildman–Crippen MR) is 82.9 cm³/mol. The lowest BCUT2D eigenvalue weighted by Crippen LogP contribution is -2.37. The average molecular weight is 357 g/mol. The topological polar surface area (TPSA) is 73.9 Å². The van der Waals surface area contributed by atoms with E-state index in [1.165, 1.54) is 16.9 Å². The average Bonchev–Trinajstić information content (AvgIpc) is 2.96. The monoisotopic (exact) mass is 357 g/mol. The van der Waals surface area contributed by atoms with Crippen molar-refractivity contribution in [1.82, 2.24) is 10.1 Å². The van der Waals surface area contributed by atoms with E-state index in [0.29, 0.717) is 5.82 Å². The van der Waals surface area contributed by atoms with E-state index >= 15 is 0 Å². The number of alkyl halides is 3. The summed E-state index contributed by atoms with van der Waals surface area (Å²) in [4.78, 5) is 15.9. The Hall–Kier alpha value is -2.91. The predicted octanol–water partition coefficient (Wildman–Crippen LogP) is 1.59. The molecule has 2 heterocycles. The van der Waals surface area contributed by atoms with Crippen LogP contribution in [0.5, 0.6) is 0 Å². The van der Waals surface area contributed by atoms with Gasteiger partial charge in [-0.15, -0.1) is 9.67 Å². The second kappa shape index (κ2) is 7.32. The number of hydrogen-bond acceptors (Lipinski definition) is 3. The Balaban J connectivity index is 2.46. The summed E-state index contributed by atoms with van der Waals surface area (Å²) in [6.07, 6.45) is -0.774. The molecule has 0 saturated carbocycles. The largest absolute Gasteiger partial charge is 0.462 e. The molecule has 0 aliphatic rings. The van der Waals surface area contributed by atoms with Crippen LogP contribution in [-0.4, -0.2) is 47.7 Å². The Morgan fingerprint density at radius 2 is 2.16 bits per heavy atom. The number of aromatic nitrogens is 3. The van der Waals surface area contributed by atoms with Gasteiger partial charge >= 0.3 is 12.1 Å². The molecule has 2 aromatic heterocycles. The van der Waals surface area contributed by atoms with Gasteiger partial charge in [0.1, 0.15) is 6.20 Å². The van der Waals surface area contributed by atoms with Gasteiger partial charge in [0.05, 0.1) is 32.5 Å². The second-order valence-corrected chi connectivity index (χ2v) is 5.23. The maximum atomic E-state index is 12.7. The first kappa shape index (κ1) is 18.4. The molecule has 0 aliphatic carbocycles. The molecule has 25 heavy (non-hydrogen) atoms. The molecule has 0 aromatic carbocycles. The molecule has 0 spiro atoms. The summed E-state index contributed by atoms with van der Waals surface area (Å²) in [6, 6.07) is 2.12. The fourth-order valence-electron chi connectivity index (χ4n) is 1.95. The number of pyridine rings is 1. The molecule has 10 heteroatoms. The van der Waals surface area contributed by atoms with Crippen molar-refractivity contribution in [2.45, 2.75) is 13.1 Å². The molecule has 0 bridgehead atoms. The number of hydrogen-bond donors (Lipinski definition) is 2. The van der Waals surface area contributed by atoms with E-state index in [2.05, 4.69) is 15.4 Å². The molecule has 2 rings (SSSR count). The lowest BCUT2D eigenvalue weighted by molar-refractivity contribution is -0.644. The van der Waals surface area contributed by atoms with Crippen molar-refractivity contribution >= 4 is 18.1 Å². The van der Waals surface area contributed by atoms with Crippen LogP contribution < -0.4 is 10.00 Å². The molecule has 0 aliphatic heterocycles. The summed E-state index contributed by atoms with van der Waals surface area (Å²) in [5, 5.41) is 5.70. The van der Waals surface area contributed by atoms with Crippen LogP contribution in [0.15, 0.2) is 24.5 Å². The first-order valence-electron chi connectivity index (χ1n) is 7.34. The van der Waals surface area contributed by atoms with E-state index in [0.717, 1.165) is 12.3 Å². The molecule has 7 nitrogen and oxygen atoms in total. The van der Waals surface area contributed by atoms with Crippen LogP contribution in [0.25, 0.3) is 5.82 Å². The van der Waals surface area contributed by atoms with Gasteiger partial charge in [-0.25, -0.2) is 15.2 Å². The molecule has 0 unspecified atom stereocenters. The van der Waals surface area contributed by atoms with Crippen LogP contribution in [0, 0.1) is 0 Å². The van der Waals surface area contributed by atoms with Gasteiger partial charge in [0, 0.05) is 6.07 Å². The van der Waals surface area contributed by atoms with Crippen LogP contribution >= 0.6 is 0 Å². The van der Waals surface area contributed by atoms with E-state index in [-0.39, 0.29) is 18.0 Å². The second-order valence-electron chi connectivity index (χ2n) is 5.23. The van der Waals surface area contributed by atoms with E-state index in [1.54, 1.807) is 31.9 Å². The van der Waals surface area contributed by atoms with Crippen molar-refractivity contribution in [1.29, 1.82) is 0 Å². The molecule has 134 valence electrons. The van der Waals surface area contributed by atoms with Crippen molar-refractivity contribution in [2.75, 3.05) is 26.0 Å². The summed E-state index contributed by atoms with van der Waals surface area (Å²) < 4.78 is 46.0. The third-order valence-corrected chi connectivity index (χ3v) is 3.08. The Kier molecular flexibility index (Phi) is 5.40. The standard InChI is InChI=1S/C15H16F3N5O2/c1-4-25-14(24)11-8-21-23(13(11)20-9-22(2)3)12-6-5-10(7-19-12)15(16,17)18/h5-9H,4H2,1-3H3/p+2. The Labute approximate surface area is 141 Å².